The Morgan fingerprint density at radius 3 is 2.90 bits per heavy atom. The summed E-state index contributed by atoms with van der Waals surface area (Å²) < 4.78 is 6.52. The molecule has 0 atom stereocenters. The Labute approximate surface area is 123 Å². The number of hydrogen-bond donors (Lipinski definition) is 1. The fourth-order valence-electron chi connectivity index (χ4n) is 2.03. The maximum atomic E-state index is 10.2. The van der Waals surface area contributed by atoms with Crippen LogP contribution in [0.15, 0.2) is 23.2 Å². The van der Waals surface area contributed by atoms with Gasteiger partial charge in [-0.1, -0.05) is 19.8 Å². The fraction of sp³-hybridized carbons (Fsp3) is 0.438. The van der Waals surface area contributed by atoms with Gasteiger partial charge in [-0.2, -0.15) is 0 Å². The van der Waals surface area contributed by atoms with Crippen LogP contribution >= 0.6 is 11.3 Å². The SMILES string of the molecule is CCCCCN=Cc1sc2ccc(OCC)cc2c1O. The maximum Gasteiger partial charge on any atom is 0.143 e. The van der Waals surface area contributed by atoms with Crippen molar-refractivity contribution in [1.29, 1.82) is 0 Å². The molecule has 0 amide bonds. The van der Waals surface area contributed by atoms with E-state index in [1.807, 2.05) is 25.1 Å². The molecule has 2 aromatic rings. The normalized spacial score (nSPS) is 11.5. The second-order valence-corrected chi connectivity index (χ2v) is 5.73. The molecule has 1 heterocycles. The number of aromatic hydroxyl groups is 1. The van der Waals surface area contributed by atoms with Crippen molar-refractivity contribution < 1.29 is 9.84 Å². The lowest BCUT2D eigenvalue weighted by Crippen LogP contribution is -1.89. The summed E-state index contributed by atoms with van der Waals surface area (Å²) in [5, 5.41) is 11.1. The maximum absolute atomic E-state index is 10.2. The third kappa shape index (κ3) is 3.51. The number of fused-ring (bicyclic) bond motifs is 1. The minimum Gasteiger partial charge on any atom is -0.506 e. The van der Waals surface area contributed by atoms with E-state index in [1.54, 1.807) is 17.6 Å². The molecule has 0 bridgehead atoms. The van der Waals surface area contributed by atoms with E-state index in [2.05, 4.69) is 11.9 Å². The van der Waals surface area contributed by atoms with Gasteiger partial charge in [0.05, 0.1) is 11.5 Å². The van der Waals surface area contributed by atoms with Crippen LogP contribution in [-0.2, 0) is 0 Å². The van der Waals surface area contributed by atoms with Crippen LogP contribution in [0.3, 0.4) is 0 Å². The molecule has 0 radical (unpaired) electrons. The first-order valence-corrected chi connectivity index (χ1v) is 7.96. The van der Waals surface area contributed by atoms with Gasteiger partial charge < -0.3 is 9.84 Å². The highest BCUT2D eigenvalue weighted by molar-refractivity contribution is 7.21. The Hall–Kier alpha value is -1.55. The number of thiophene rings is 1. The molecule has 0 fully saturated rings. The van der Waals surface area contributed by atoms with E-state index in [-0.39, 0.29) is 0 Å². The molecule has 0 aliphatic rings. The molecule has 0 saturated heterocycles. The van der Waals surface area contributed by atoms with Gasteiger partial charge in [0.1, 0.15) is 11.5 Å². The summed E-state index contributed by atoms with van der Waals surface area (Å²) in [5.41, 5.74) is 0. The van der Waals surface area contributed by atoms with Crippen molar-refractivity contribution in [2.45, 2.75) is 33.1 Å². The predicted molar refractivity (Wildman–Crippen MR) is 86.6 cm³/mol. The Morgan fingerprint density at radius 1 is 1.30 bits per heavy atom. The lowest BCUT2D eigenvalue weighted by molar-refractivity contribution is 0.340. The highest BCUT2D eigenvalue weighted by Gasteiger charge is 2.10. The number of benzene rings is 1. The molecule has 0 spiro atoms. The Balaban J connectivity index is 2.16. The van der Waals surface area contributed by atoms with Crippen LogP contribution in [0.4, 0.5) is 0 Å². The second-order valence-electron chi connectivity index (χ2n) is 4.65. The first kappa shape index (κ1) is 14.9. The lowest BCUT2D eigenvalue weighted by atomic mass is 10.2. The summed E-state index contributed by atoms with van der Waals surface area (Å²) in [5.74, 6) is 1.10. The van der Waals surface area contributed by atoms with Crippen molar-refractivity contribution in [3.05, 3.63) is 23.1 Å². The smallest absolute Gasteiger partial charge is 0.143 e. The summed E-state index contributed by atoms with van der Waals surface area (Å²) >= 11 is 1.56. The van der Waals surface area contributed by atoms with E-state index in [9.17, 15) is 5.11 Å². The van der Waals surface area contributed by atoms with E-state index in [4.69, 9.17) is 4.74 Å². The van der Waals surface area contributed by atoms with Crippen molar-refractivity contribution >= 4 is 27.6 Å². The molecular formula is C16H21NO2S. The van der Waals surface area contributed by atoms with Gasteiger partial charge >= 0.3 is 0 Å². The molecular weight excluding hydrogens is 270 g/mol. The van der Waals surface area contributed by atoms with Crippen molar-refractivity contribution in [1.82, 2.24) is 0 Å². The largest absolute Gasteiger partial charge is 0.506 e. The molecule has 2 rings (SSSR count). The third-order valence-electron chi connectivity index (χ3n) is 3.07. The molecule has 0 aliphatic carbocycles. The number of unbranched alkanes of at least 4 members (excludes halogenated alkanes) is 2. The Kier molecular flexibility index (Phi) is 5.41. The van der Waals surface area contributed by atoms with Crippen LogP contribution in [0, 0.1) is 0 Å². The topological polar surface area (TPSA) is 41.8 Å². The predicted octanol–water partition coefficient (Wildman–Crippen LogP) is 4.61. The molecule has 4 heteroatoms. The molecule has 20 heavy (non-hydrogen) atoms. The first-order chi connectivity index (χ1) is 9.76. The van der Waals surface area contributed by atoms with Crippen molar-refractivity contribution in [2.24, 2.45) is 4.99 Å². The summed E-state index contributed by atoms with van der Waals surface area (Å²) in [6, 6.07) is 5.81. The van der Waals surface area contributed by atoms with Crippen LogP contribution in [0.1, 0.15) is 38.0 Å². The molecule has 108 valence electrons. The van der Waals surface area contributed by atoms with Gasteiger partial charge in [0.15, 0.2) is 0 Å². The molecule has 0 aliphatic heterocycles. The summed E-state index contributed by atoms with van der Waals surface area (Å²) in [7, 11) is 0. The van der Waals surface area contributed by atoms with Gasteiger partial charge in [-0.3, -0.25) is 4.99 Å². The van der Waals surface area contributed by atoms with E-state index in [1.165, 1.54) is 12.8 Å². The standard InChI is InChI=1S/C16H21NO2S/c1-3-5-6-9-17-11-15-16(18)13-10-12(19-4-2)7-8-14(13)20-15/h7-8,10-11,18H,3-6,9H2,1-2H3. The highest BCUT2D eigenvalue weighted by atomic mass is 32.1. The van der Waals surface area contributed by atoms with Gasteiger partial charge in [0.25, 0.3) is 0 Å². The monoisotopic (exact) mass is 291 g/mol. The summed E-state index contributed by atoms with van der Waals surface area (Å²) in [6.45, 7) is 5.58. The zero-order valence-electron chi connectivity index (χ0n) is 12.1. The van der Waals surface area contributed by atoms with Crippen molar-refractivity contribution in [2.75, 3.05) is 13.2 Å². The van der Waals surface area contributed by atoms with Crippen LogP contribution in [0.2, 0.25) is 0 Å². The average Bonchev–Trinajstić information content (AvgIpc) is 2.76. The molecule has 1 aromatic carbocycles. The number of nitrogens with zero attached hydrogens (tertiary/aromatic N) is 1. The van der Waals surface area contributed by atoms with Gasteiger partial charge in [0.2, 0.25) is 0 Å². The first-order valence-electron chi connectivity index (χ1n) is 7.14. The zero-order valence-corrected chi connectivity index (χ0v) is 12.9. The van der Waals surface area contributed by atoms with Crippen molar-refractivity contribution in [3.63, 3.8) is 0 Å². The van der Waals surface area contributed by atoms with Crippen LogP contribution in [0.25, 0.3) is 10.1 Å². The van der Waals surface area contributed by atoms with Gasteiger partial charge in [-0.15, -0.1) is 11.3 Å². The minimum absolute atomic E-state index is 0.311. The zero-order chi connectivity index (χ0) is 14.4. The summed E-state index contributed by atoms with van der Waals surface area (Å²) in [6.07, 6.45) is 5.29. The van der Waals surface area contributed by atoms with E-state index in [0.717, 1.165) is 33.7 Å². The average molecular weight is 291 g/mol. The lowest BCUT2D eigenvalue weighted by Gasteiger charge is -2.01. The van der Waals surface area contributed by atoms with Crippen molar-refractivity contribution in [3.8, 4) is 11.5 Å². The minimum atomic E-state index is 0.311. The molecule has 0 unspecified atom stereocenters. The number of aliphatic imine (C=N–C) groups is 1. The van der Waals surface area contributed by atoms with Gasteiger partial charge in [-0.05, 0) is 31.5 Å². The molecule has 3 nitrogen and oxygen atoms in total. The van der Waals surface area contributed by atoms with E-state index < -0.39 is 0 Å². The van der Waals surface area contributed by atoms with Gasteiger partial charge in [0, 0.05) is 22.8 Å². The van der Waals surface area contributed by atoms with E-state index >= 15 is 0 Å². The Bertz CT molecular complexity index is 589. The van der Waals surface area contributed by atoms with Crippen LogP contribution in [0.5, 0.6) is 11.5 Å². The van der Waals surface area contributed by atoms with Crippen LogP contribution < -0.4 is 4.74 Å². The number of ether oxygens (including phenoxy) is 1. The molecule has 0 saturated carbocycles. The van der Waals surface area contributed by atoms with Crippen LogP contribution in [-0.4, -0.2) is 24.5 Å². The molecule has 1 N–H and O–H groups in total. The Morgan fingerprint density at radius 2 is 2.15 bits per heavy atom. The second kappa shape index (κ2) is 7.29. The third-order valence-corrected chi connectivity index (χ3v) is 4.16. The number of rotatable bonds is 7. The summed E-state index contributed by atoms with van der Waals surface area (Å²) in [4.78, 5) is 5.21. The fourth-order valence-corrected chi connectivity index (χ4v) is 3.00. The van der Waals surface area contributed by atoms with Gasteiger partial charge in [-0.25, -0.2) is 0 Å². The highest BCUT2D eigenvalue weighted by Crippen LogP contribution is 2.37. The molecule has 1 aromatic heterocycles. The van der Waals surface area contributed by atoms with E-state index in [0.29, 0.717) is 12.4 Å². The quantitative estimate of drug-likeness (QED) is 0.597. The number of hydrogen-bond acceptors (Lipinski definition) is 4.